The largest absolute Gasteiger partial charge is 0.546 e. The number of carboxylic acid groups (broad SMARTS) is 1. The van der Waals surface area contributed by atoms with Gasteiger partial charge in [-0.05, 0) is 0 Å². The van der Waals surface area contributed by atoms with Gasteiger partial charge >= 0.3 is 36.0 Å². The zero-order valence-corrected chi connectivity index (χ0v) is 10.5. The van der Waals surface area contributed by atoms with Gasteiger partial charge in [-0.1, -0.05) is 0 Å². The van der Waals surface area contributed by atoms with Crippen LogP contribution in [0.2, 0.25) is 0 Å². The second kappa shape index (κ2) is 5.46. The summed E-state index contributed by atoms with van der Waals surface area (Å²) in [5, 5.41) is 9.98. The van der Waals surface area contributed by atoms with Gasteiger partial charge in [0.1, 0.15) is 0 Å². The number of hydrogen-bond acceptors (Lipinski definition) is 2. The molecule has 0 aromatic heterocycles. The van der Waals surface area contributed by atoms with Crippen LogP contribution >= 0.6 is 0 Å². The van der Waals surface area contributed by atoms with Crippen LogP contribution in [0.3, 0.4) is 0 Å². The van der Waals surface area contributed by atoms with Crippen molar-refractivity contribution in [2.75, 3.05) is 0 Å². The Kier molecular flexibility index (Phi) is 5.11. The fourth-order valence-electron chi connectivity index (χ4n) is 1.44. The molecule has 0 aliphatic carbocycles. The maximum absolute atomic E-state index is 13.5. The summed E-state index contributed by atoms with van der Waals surface area (Å²) in [5.41, 5.74) is -16.7. The monoisotopic (exact) mass is 413 g/mol. The van der Waals surface area contributed by atoms with E-state index in [2.05, 4.69) is 0 Å². The fourth-order valence-corrected chi connectivity index (χ4v) is 1.44. The van der Waals surface area contributed by atoms with E-state index in [1.165, 1.54) is 0 Å². The average molecular weight is 413 g/mol. The average Bonchev–Trinajstić information content (AvgIpc) is 2.31. The Labute approximate surface area is 125 Å². The highest BCUT2D eigenvalue weighted by molar-refractivity contribution is 5.79. The van der Waals surface area contributed by atoms with E-state index >= 15 is 0 Å². The minimum absolute atomic E-state index is 5.02. The SMILES string of the molecule is O=C([O-])C(F)(C(F)(F)F)C(F)(C(F)(F)F)C(F)(F)C(F)(F)C(F)(F)F. The zero-order chi connectivity index (χ0) is 21.1. The second-order valence-corrected chi connectivity index (χ2v) is 4.25. The van der Waals surface area contributed by atoms with Crippen molar-refractivity contribution in [2.24, 2.45) is 0 Å². The standard InChI is InChI=1S/C8HF15O2/c9-2(1(24)25,6(15,16)17)3(10,7(18,19)20)4(11,12)5(13,14)8(21,22)23/h(H,24,25)/p-1. The van der Waals surface area contributed by atoms with E-state index in [4.69, 9.17) is 0 Å². The number of hydrogen-bond donors (Lipinski definition) is 0. The smallest absolute Gasteiger partial charge is 0.460 e. The lowest BCUT2D eigenvalue weighted by Crippen LogP contribution is -2.81. The number of carbonyl (C=O) groups is 1. The van der Waals surface area contributed by atoms with Crippen molar-refractivity contribution in [3.8, 4) is 0 Å². The van der Waals surface area contributed by atoms with Gasteiger partial charge in [0.2, 0.25) is 0 Å². The highest BCUT2D eigenvalue weighted by Gasteiger charge is 2.96. The number of rotatable bonds is 4. The molecule has 0 aromatic rings. The van der Waals surface area contributed by atoms with Crippen LogP contribution in [-0.4, -0.2) is 47.7 Å². The molecule has 0 spiro atoms. The molecular formula is C8F15O2-. The van der Waals surface area contributed by atoms with Crippen molar-refractivity contribution in [1.29, 1.82) is 0 Å². The Hall–Kier alpha value is -1.58. The zero-order valence-electron chi connectivity index (χ0n) is 10.5. The molecule has 0 bridgehead atoms. The third kappa shape index (κ3) is 2.74. The number of alkyl halides is 15. The first kappa shape index (κ1) is 23.4. The van der Waals surface area contributed by atoms with E-state index in [0.29, 0.717) is 0 Å². The molecule has 0 heterocycles. The Morgan fingerprint density at radius 1 is 0.520 bits per heavy atom. The summed E-state index contributed by atoms with van der Waals surface area (Å²) in [7, 11) is 0. The molecule has 2 unspecified atom stereocenters. The summed E-state index contributed by atoms with van der Waals surface area (Å²) in [5.74, 6) is -21.9. The van der Waals surface area contributed by atoms with Crippen LogP contribution in [0.5, 0.6) is 0 Å². The second-order valence-electron chi connectivity index (χ2n) is 4.25. The van der Waals surface area contributed by atoms with Crippen LogP contribution < -0.4 is 5.11 Å². The highest BCUT2D eigenvalue weighted by atomic mass is 19.4. The van der Waals surface area contributed by atoms with Crippen LogP contribution in [0, 0.1) is 0 Å². The predicted molar refractivity (Wildman–Crippen MR) is 40.7 cm³/mol. The van der Waals surface area contributed by atoms with Crippen LogP contribution in [-0.2, 0) is 4.79 Å². The molecular weight excluding hydrogens is 413 g/mol. The van der Waals surface area contributed by atoms with Crippen LogP contribution in [0.1, 0.15) is 0 Å². The summed E-state index contributed by atoms with van der Waals surface area (Å²) in [6.45, 7) is 0. The summed E-state index contributed by atoms with van der Waals surface area (Å²) < 4.78 is 187. The van der Waals surface area contributed by atoms with E-state index in [-0.39, 0.29) is 0 Å². The molecule has 25 heavy (non-hydrogen) atoms. The molecule has 0 amide bonds. The van der Waals surface area contributed by atoms with E-state index in [1.54, 1.807) is 0 Å². The predicted octanol–water partition coefficient (Wildman–Crippen LogP) is 3.11. The third-order valence-corrected chi connectivity index (χ3v) is 2.72. The molecule has 0 N–H and O–H groups in total. The van der Waals surface area contributed by atoms with Crippen molar-refractivity contribution in [2.45, 2.75) is 41.7 Å². The van der Waals surface area contributed by atoms with Crippen molar-refractivity contribution >= 4 is 5.97 Å². The quantitative estimate of drug-likeness (QED) is 0.665. The lowest BCUT2D eigenvalue weighted by atomic mass is 9.76. The van der Waals surface area contributed by atoms with E-state index in [1.807, 2.05) is 0 Å². The van der Waals surface area contributed by atoms with Gasteiger partial charge < -0.3 is 9.90 Å². The van der Waals surface area contributed by atoms with E-state index < -0.39 is 47.7 Å². The number of carbonyl (C=O) groups excluding carboxylic acids is 1. The maximum Gasteiger partial charge on any atom is 0.460 e. The molecule has 0 rings (SSSR count). The van der Waals surface area contributed by atoms with Crippen LogP contribution in [0.4, 0.5) is 65.9 Å². The first-order chi connectivity index (χ1) is 10.4. The molecule has 0 aromatic carbocycles. The Morgan fingerprint density at radius 3 is 1.00 bits per heavy atom. The molecule has 2 nitrogen and oxygen atoms in total. The van der Waals surface area contributed by atoms with Crippen molar-refractivity contribution < 1.29 is 75.8 Å². The number of carboxylic acids is 1. The molecule has 0 fully saturated rings. The molecule has 2 atom stereocenters. The minimum Gasteiger partial charge on any atom is -0.546 e. The Balaban J connectivity index is 7.23. The van der Waals surface area contributed by atoms with Crippen molar-refractivity contribution in [3.63, 3.8) is 0 Å². The fraction of sp³-hybridized carbons (Fsp3) is 0.875. The van der Waals surface area contributed by atoms with Gasteiger partial charge in [0.05, 0.1) is 5.97 Å². The summed E-state index contributed by atoms with van der Waals surface area (Å²) in [6.07, 6.45) is -24.0. The van der Waals surface area contributed by atoms with Gasteiger partial charge in [0, 0.05) is 0 Å². The van der Waals surface area contributed by atoms with Gasteiger partial charge in [0.25, 0.3) is 5.67 Å². The van der Waals surface area contributed by atoms with Gasteiger partial charge in [0.15, 0.2) is 0 Å². The van der Waals surface area contributed by atoms with E-state index in [9.17, 15) is 75.8 Å². The lowest BCUT2D eigenvalue weighted by Gasteiger charge is -2.46. The molecule has 0 saturated carbocycles. The summed E-state index contributed by atoms with van der Waals surface area (Å²) >= 11 is 0. The normalized spacial score (nSPS) is 20.0. The number of halogens is 15. The summed E-state index contributed by atoms with van der Waals surface area (Å²) in [4.78, 5) is 9.98. The lowest BCUT2D eigenvalue weighted by molar-refractivity contribution is -0.454. The first-order valence-corrected chi connectivity index (χ1v) is 4.99. The van der Waals surface area contributed by atoms with Gasteiger partial charge in [-0.3, -0.25) is 0 Å². The minimum atomic E-state index is -8.62. The number of aliphatic carboxylic acids is 1. The molecule has 0 aliphatic heterocycles. The van der Waals surface area contributed by atoms with Crippen molar-refractivity contribution in [1.82, 2.24) is 0 Å². The molecule has 0 aliphatic rings. The molecule has 17 heteroatoms. The Bertz CT molecular complexity index is 527. The van der Waals surface area contributed by atoms with Crippen molar-refractivity contribution in [3.05, 3.63) is 0 Å². The molecule has 0 radical (unpaired) electrons. The molecule has 150 valence electrons. The third-order valence-electron chi connectivity index (χ3n) is 2.72. The maximum atomic E-state index is 13.5. The molecule has 0 saturated heterocycles. The van der Waals surface area contributed by atoms with Gasteiger partial charge in [-0.15, -0.1) is 0 Å². The van der Waals surface area contributed by atoms with Gasteiger partial charge in [-0.25, -0.2) is 8.78 Å². The van der Waals surface area contributed by atoms with Crippen LogP contribution in [0.25, 0.3) is 0 Å². The van der Waals surface area contributed by atoms with E-state index in [0.717, 1.165) is 0 Å². The van der Waals surface area contributed by atoms with Crippen LogP contribution in [0.15, 0.2) is 0 Å². The topological polar surface area (TPSA) is 40.1 Å². The first-order valence-electron chi connectivity index (χ1n) is 4.99. The summed E-state index contributed by atoms with van der Waals surface area (Å²) in [6, 6.07) is 0. The van der Waals surface area contributed by atoms with Gasteiger partial charge in [-0.2, -0.15) is 57.1 Å². The Morgan fingerprint density at radius 2 is 0.840 bits per heavy atom. The highest BCUT2D eigenvalue weighted by Crippen LogP contribution is 2.64.